The van der Waals surface area contributed by atoms with Crippen LogP contribution in [0.2, 0.25) is 0 Å². The van der Waals surface area contributed by atoms with Crippen molar-refractivity contribution in [2.45, 2.75) is 44.6 Å². The highest BCUT2D eigenvalue weighted by Gasteiger charge is 2.31. The lowest BCUT2D eigenvalue weighted by Gasteiger charge is -2.33. The summed E-state index contributed by atoms with van der Waals surface area (Å²) in [5.74, 6) is 0.558. The molecule has 0 atom stereocenters. The second-order valence-corrected chi connectivity index (χ2v) is 7.96. The average molecular weight is 357 g/mol. The van der Waals surface area contributed by atoms with Crippen LogP contribution >= 0.6 is 11.3 Å². The fourth-order valence-corrected chi connectivity index (χ4v) is 4.69. The fourth-order valence-electron chi connectivity index (χ4n) is 4.00. The van der Waals surface area contributed by atoms with Crippen molar-refractivity contribution in [3.8, 4) is 10.6 Å². The third kappa shape index (κ3) is 3.40. The molecule has 4 rings (SSSR count). The van der Waals surface area contributed by atoms with Crippen molar-refractivity contribution in [1.29, 1.82) is 0 Å². The molecule has 2 aromatic rings. The molecule has 1 aliphatic carbocycles. The molecule has 5 nitrogen and oxygen atoms in total. The molecule has 0 aromatic carbocycles. The lowest BCUT2D eigenvalue weighted by Crippen LogP contribution is -2.43. The Labute approximate surface area is 151 Å². The highest BCUT2D eigenvalue weighted by molar-refractivity contribution is 7.13. The quantitative estimate of drug-likeness (QED) is 0.847. The number of piperidine rings is 1. The standard InChI is InChI=1S/C19H23N3O2S/c23-18-8-7-16(17-6-3-13-25-17)20-22(18)15-9-11-21(12-10-15)19(24)14-4-1-2-5-14/h3,6-8,13-15H,1-2,4-5,9-12H2. The van der Waals surface area contributed by atoms with Crippen LogP contribution in [-0.2, 0) is 4.79 Å². The van der Waals surface area contributed by atoms with Crippen molar-refractivity contribution in [3.63, 3.8) is 0 Å². The summed E-state index contributed by atoms with van der Waals surface area (Å²) in [7, 11) is 0. The Balaban J connectivity index is 1.46. The van der Waals surface area contributed by atoms with Gasteiger partial charge in [0, 0.05) is 25.1 Å². The number of rotatable bonds is 3. The number of thiophene rings is 1. The van der Waals surface area contributed by atoms with Gasteiger partial charge >= 0.3 is 0 Å². The monoisotopic (exact) mass is 357 g/mol. The molecule has 1 saturated carbocycles. The Kier molecular flexibility index (Phi) is 4.70. The zero-order valence-corrected chi connectivity index (χ0v) is 15.1. The van der Waals surface area contributed by atoms with Gasteiger partial charge in [0.25, 0.3) is 5.56 Å². The molecule has 0 unspecified atom stereocenters. The summed E-state index contributed by atoms with van der Waals surface area (Å²) >= 11 is 1.62. The minimum atomic E-state index is -0.0547. The zero-order chi connectivity index (χ0) is 17.2. The summed E-state index contributed by atoms with van der Waals surface area (Å²) in [6.07, 6.45) is 6.06. The van der Waals surface area contributed by atoms with Crippen LogP contribution in [0.5, 0.6) is 0 Å². The summed E-state index contributed by atoms with van der Waals surface area (Å²) in [5.41, 5.74) is 0.792. The van der Waals surface area contributed by atoms with E-state index >= 15 is 0 Å². The van der Waals surface area contributed by atoms with Crippen LogP contribution in [0.3, 0.4) is 0 Å². The highest BCUT2D eigenvalue weighted by Crippen LogP contribution is 2.29. The molecule has 0 radical (unpaired) electrons. The van der Waals surface area contributed by atoms with Crippen LogP contribution < -0.4 is 5.56 Å². The second kappa shape index (κ2) is 7.12. The van der Waals surface area contributed by atoms with Gasteiger partial charge in [-0.25, -0.2) is 4.68 Å². The number of likely N-dealkylation sites (tertiary alicyclic amines) is 1. The first kappa shape index (κ1) is 16.5. The van der Waals surface area contributed by atoms with E-state index in [0.717, 1.165) is 49.3 Å². The zero-order valence-electron chi connectivity index (χ0n) is 14.3. The van der Waals surface area contributed by atoms with Crippen molar-refractivity contribution in [2.75, 3.05) is 13.1 Å². The minimum absolute atomic E-state index is 0.0547. The maximum Gasteiger partial charge on any atom is 0.267 e. The SMILES string of the molecule is O=C(C1CCCC1)N1CCC(n2nc(-c3cccs3)ccc2=O)CC1. The van der Waals surface area contributed by atoms with Gasteiger partial charge in [-0.1, -0.05) is 18.9 Å². The van der Waals surface area contributed by atoms with Crippen LogP contribution in [-0.4, -0.2) is 33.7 Å². The lowest BCUT2D eigenvalue weighted by atomic mass is 10.0. The molecule has 6 heteroatoms. The molecule has 3 heterocycles. The summed E-state index contributed by atoms with van der Waals surface area (Å²) in [4.78, 5) is 27.9. The summed E-state index contributed by atoms with van der Waals surface area (Å²) < 4.78 is 1.63. The van der Waals surface area contributed by atoms with E-state index < -0.39 is 0 Å². The van der Waals surface area contributed by atoms with E-state index in [2.05, 4.69) is 5.10 Å². The molecule has 2 aliphatic rings. The molecule has 1 aliphatic heterocycles. The highest BCUT2D eigenvalue weighted by atomic mass is 32.1. The molecule has 0 N–H and O–H groups in total. The number of hydrogen-bond donors (Lipinski definition) is 0. The lowest BCUT2D eigenvalue weighted by molar-refractivity contribution is -0.136. The number of carbonyl (C=O) groups excluding carboxylic acids is 1. The first-order valence-corrected chi connectivity index (χ1v) is 10.0. The van der Waals surface area contributed by atoms with Gasteiger partial charge in [0.2, 0.25) is 5.91 Å². The van der Waals surface area contributed by atoms with Gasteiger partial charge in [-0.2, -0.15) is 5.10 Å². The molecule has 1 saturated heterocycles. The largest absolute Gasteiger partial charge is 0.342 e. The van der Waals surface area contributed by atoms with Gasteiger partial charge in [-0.3, -0.25) is 9.59 Å². The van der Waals surface area contributed by atoms with Crippen molar-refractivity contribution in [2.24, 2.45) is 5.92 Å². The van der Waals surface area contributed by atoms with Crippen LogP contribution in [0.25, 0.3) is 10.6 Å². The van der Waals surface area contributed by atoms with Gasteiger partial charge in [-0.05, 0) is 43.2 Å². The van der Waals surface area contributed by atoms with Crippen LogP contribution in [0, 0.1) is 5.92 Å². The van der Waals surface area contributed by atoms with Gasteiger partial charge in [0.1, 0.15) is 5.69 Å². The third-order valence-corrected chi connectivity index (χ3v) is 6.32. The Morgan fingerprint density at radius 2 is 1.84 bits per heavy atom. The molecule has 0 spiro atoms. The maximum atomic E-state index is 12.6. The molecular formula is C19H23N3O2S. The molecule has 0 bridgehead atoms. The summed E-state index contributed by atoms with van der Waals surface area (Å²) in [6, 6.07) is 7.50. The molecular weight excluding hydrogens is 334 g/mol. The van der Waals surface area contributed by atoms with E-state index in [0.29, 0.717) is 5.91 Å². The molecule has 132 valence electrons. The van der Waals surface area contributed by atoms with Gasteiger partial charge in [0.15, 0.2) is 0 Å². The fraction of sp³-hybridized carbons (Fsp3) is 0.526. The van der Waals surface area contributed by atoms with Crippen molar-refractivity contribution in [3.05, 3.63) is 40.0 Å². The topological polar surface area (TPSA) is 55.2 Å². The van der Waals surface area contributed by atoms with Crippen LogP contribution in [0.1, 0.15) is 44.6 Å². The van der Waals surface area contributed by atoms with Crippen molar-refractivity contribution < 1.29 is 4.79 Å². The minimum Gasteiger partial charge on any atom is -0.342 e. The first-order chi connectivity index (χ1) is 12.2. The average Bonchev–Trinajstić information content (AvgIpc) is 3.35. The van der Waals surface area contributed by atoms with Gasteiger partial charge < -0.3 is 4.90 Å². The summed E-state index contributed by atoms with van der Waals surface area (Å²) in [6.45, 7) is 1.47. The van der Waals surface area contributed by atoms with Crippen molar-refractivity contribution in [1.82, 2.24) is 14.7 Å². The number of hydrogen-bond acceptors (Lipinski definition) is 4. The smallest absolute Gasteiger partial charge is 0.267 e. The number of aromatic nitrogens is 2. The Morgan fingerprint density at radius 3 is 2.52 bits per heavy atom. The predicted molar refractivity (Wildman–Crippen MR) is 98.6 cm³/mol. The molecule has 2 fully saturated rings. The van der Waals surface area contributed by atoms with E-state index in [1.165, 1.54) is 12.8 Å². The molecule has 2 aromatic heterocycles. The maximum absolute atomic E-state index is 12.6. The predicted octanol–water partition coefficient (Wildman–Crippen LogP) is 3.33. The summed E-state index contributed by atoms with van der Waals surface area (Å²) in [5, 5.41) is 6.61. The second-order valence-electron chi connectivity index (χ2n) is 7.02. The Bertz CT molecular complexity index is 785. The van der Waals surface area contributed by atoms with Crippen molar-refractivity contribution >= 4 is 17.2 Å². The van der Waals surface area contributed by atoms with E-state index in [1.807, 2.05) is 22.4 Å². The third-order valence-electron chi connectivity index (χ3n) is 5.43. The van der Waals surface area contributed by atoms with Crippen LogP contribution in [0.4, 0.5) is 0 Å². The van der Waals surface area contributed by atoms with E-state index in [1.54, 1.807) is 28.2 Å². The van der Waals surface area contributed by atoms with E-state index in [4.69, 9.17) is 0 Å². The molecule has 25 heavy (non-hydrogen) atoms. The molecule has 1 amide bonds. The number of carbonyl (C=O) groups is 1. The number of nitrogens with zero attached hydrogens (tertiary/aromatic N) is 3. The number of amides is 1. The first-order valence-electron chi connectivity index (χ1n) is 9.15. The van der Waals surface area contributed by atoms with E-state index in [9.17, 15) is 9.59 Å². The van der Waals surface area contributed by atoms with Gasteiger partial charge in [-0.15, -0.1) is 11.3 Å². The van der Waals surface area contributed by atoms with E-state index in [-0.39, 0.29) is 17.5 Å². The normalized spacial score (nSPS) is 19.4. The Hall–Kier alpha value is -1.95. The van der Waals surface area contributed by atoms with Gasteiger partial charge in [0.05, 0.1) is 10.9 Å². The Morgan fingerprint density at radius 1 is 1.08 bits per heavy atom. The van der Waals surface area contributed by atoms with Crippen LogP contribution in [0.15, 0.2) is 34.4 Å².